The third-order valence-corrected chi connectivity index (χ3v) is 4.76. The van der Waals surface area contributed by atoms with E-state index in [0.29, 0.717) is 12.3 Å². The number of nitrogens with zero attached hydrogens (tertiary/aromatic N) is 1. The van der Waals surface area contributed by atoms with Gasteiger partial charge in [-0.05, 0) is 47.9 Å². The summed E-state index contributed by atoms with van der Waals surface area (Å²) >= 11 is 1.72. The Hall–Kier alpha value is -1.61. The minimum absolute atomic E-state index is 0.229. The van der Waals surface area contributed by atoms with Crippen LogP contribution < -0.4 is 0 Å². The summed E-state index contributed by atoms with van der Waals surface area (Å²) in [5, 5.41) is 2.07. The molecule has 2 heterocycles. The molecule has 1 saturated carbocycles. The Kier molecular flexibility index (Phi) is 4.16. The molecule has 0 radical (unpaired) electrons. The topological polar surface area (TPSA) is 22.0 Å². The number of thiophene rings is 1. The molecule has 3 rings (SSSR count). The number of aromatic nitrogens is 1. The Morgan fingerprint density at radius 3 is 2.90 bits per heavy atom. The second-order valence-electron chi connectivity index (χ2n) is 5.45. The van der Waals surface area contributed by atoms with E-state index in [1.807, 2.05) is 24.5 Å². The highest BCUT2D eigenvalue weighted by atomic mass is 32.1. The Balaban J connectivity index is 1.62. The molecule has 3 heteroatoms. The van der Waals surface area contributed by atoms with Crippen molar-refractivity contribution < 1.29 is 4.79 Å². The summed E-state index contributed by atoms with van der Waals surface area (Å²) in [6.07, 6.45) is 13.7. The number of hydrogen-bond donors (Lipinski definition) is 0. The predicted octanol–water partition coefficient (Wildman–Crippen LogP) is 4.94. The molecule has 20 heavy (non-hydrogen) atoms. The molecular weight excluding hydrogens is 266 g/mol. The van der Waals surface area contributed by atoms with Crippen LogP contribution in [-0.2, 0) is 0 Å². The van der Waals surface area contributed by atoms with E-state index in [1.54, 1.807) is 15.9 Å². The van der Waals surface area contributed by atoms with Gasteiger partial charge in [0.25, 0.3) is 0 Å². The van der Waals surface area contributed by atoms with E-state index in [-0.39, 0.29) is 5.91 Å². The first kappa shape index (κ1) is 13.4. The van der Waals surface area contributed by atoms with E-state index in [0.717, 1.165) is 5.56 Å². The van der Waals surface area contributed by atoms with Gasteiger partial charge in [-0.1, -0.05) is 25.0 Å². The largest absolute Gasteiger partial charge is 0.294 e. The van der Waals surface area contributed by atoms with Crippen LogP contribution >= 0.6 is 11.3 Å². The molecule has 0 amide bonds. The average molecular weight is 285 g/mol. The molecule has 0 unspecified atom stereocenters. The van der Waals surface area contributed by atoms with Crippen LogP contribution in [0.1, 0.15) is 47.3 Å². The zero-order valence-electron chi connectivity index (χ0n) is 11.5. The second kappa shape index (κ2) is 6.23. The lowest BCUT2D eigenvalue weighted by Gasteiger charge is -2.07. The van der Waals surface area contributed by atoms with Crippen LogP contribution in [0, 0.1) is 5.92 Å². The molecule has 104 valence electrons. The first-order valence-electron chi connectivity index (χ1n) is 7.24. The maximum Gasteiger partial charge on any atom is 0.230 e. The third-order valence-electron chi connectivity index (χ3n) is 3.93. The van der Waals surface area contributed by atoms with Crippen molar-refractivity contribution in [3.63, 3.8) is 0 Å². The van der Waals surface area contributed by atoms with Crippen molar-refractivity contribution in [2.24, 2.45) is 5.92 Å². The molecule has 0 aliphatic heterocycles. The summed E-state index contributed by atoms with van der Waals surface area (Å²) in [6.45, 7) is 0. The van der Waals surface area contributed by atoms with Gasteiger partial charge in [0, 0.05) is 23.7 Å². The van der Waals surface area contributed by atoms with Crippen LogP contribution in [0.2, 0.25) is 0 Å². The van der Waals surface area contributed by atoms with Crippen LogP contribution in [0.15, 0.2) is 36.0 Å². The predicted molar refractivity (Wildman–Crippen MR) is 84.9 cm³/mol. The van der Waals surface area contributed by atoms with Crippen LogP contribution in [-0.4, -0.2) is 10.5 Å². The van der Waals surface area contributed by atoms with Crippen molar-refractivity contribution in [3.05, 3.63) is 46.4 Å². The molecule has 0 N–H and O–H groups in total. The van der Waals surface area contributed by atoms with Gasteiger partial charge in [-0.2, -0.15) is 0 Å². The zero-order valence-corrected chi connectivity index (χ0v) is 12.3. The fourth-order valence-electron chi connectivity index (χ4n) is 2.80. The van der Waals surface area contributed by atoms with Crippen molar-refractivity contribution in [3.8, 4) is 0 Å². The normalized spacial score (nSPS) is 16.2. The van der Waals surface area contributed by atoms with Gasteiger partial charge < -0.3 is 0 Å². The summed E-state index contributed by atoms with van der Waals surface area (Å²) in [5.74, 6) is 0.836. The van der Waals surface area contributed by atoms with Gasteiger partial charge >= 0.3 is 0 Å². The number of carbonyl (C=O) groups excluding carboxylic acids is 1. The van der Waals surface area contributed by atoms with Gasteiger partial charge in [0.1, 0.15) is 0 Å². The Morgan fingerprint density at radius 2 is 2.15 bits per heavy atom. The summed E-state index contributed by atoms with van der Waals surface area (Å²) < 4.78 is 1.74. The summed E-state index contributed by atoms with van der Waals surface area (Å²) in [6, 6.07) is 6.13. The Morgan fingerprint density at radius 1 is 1.30 bits per heavy atom. The molecule has 0 spiro atoms. The maximum absolute atomic E-state index is 12.2. The fourth-order valence-corrected chi connectivity index (χ4v) is 3.42. The second-order valence-corrected chi connectivity index (χ2v) is 6.43. The number of carbonyl (C=O) groups is 1. The molecule has 1 fully saturated rings. The molecule has 0 aromatic carbocycles. The van der Waals surface area contributed by atoms with Crippen LogP contribution in [0.3, 0.4) is 0 Å². The highest BCUT2D eigenvalue weighted by molar-refractivity contribution is 7.10. The molecule has 0 bridgehead atoms. The molecule has 0 atom stereocenters. The van der Waals surface area contributed by atoms with Crippen molar-refractivity contribution in [1.82, 2.24) is 4.57 Å². The van der Waals surface area contributed by atoms with E-state index in [9.17, 15) is 4.79 Å². The van der Waals surface area contributed by atoms with Crippen LogP contribution in [0.4, 0.5) is 0 Å². The lowest BCUT2D eigenvalue weighted by molar-refractivity contribution is 0.0881. The van der Waals surface area contributed by atoms with Gasteiger partial charge in [0.2, 0.25) is 5.91 Å². The summed E-state index contributed by atoms with van der Waals surface area (Å²) in [7, 11) is 0. The minimum Gasteiger partial charge on any atom is -0.294 e. The molecule has 2 aromatic heterocycles. The molecular formula is C17H19NOS. The van der Waals surface area contributed by atoms with E-state index < -0.39 is 0 Å². The smallest absolute Gasteiger partial charge is 0.230 e. The Bertz CT molecular complexity index is 588. The summed E-state index contributed by atoms with van der Waals surface area (Å²) in [5.41, 5.74) is 1.08. The van der Waals surface area contributed by atoms with Gasteiger partial charge in [-0.3, -0.25) is 9.36 Å². The molecule has 0 saturated heterocycles. The van der Waals surface area contributed by atoms with Crippen molar-refractivity contribution >= 4 is 29.4 Å². The van der Waals surface area contributed by atoms with Crippen molar-refractivity contribution in [2.75, 3.05) is 0 Å². The van der Waals surface area contributed by atoms with Gasteiger partial charge in [-0.15, -0.1) is 11.3 Å². The maximum atomic E-state index is 12.2. The van der Waals surface area contributed by atoms with Gasteiger partial charge in [0.15, 0.2) is 0 Å². The third kappa shape index (κ3) is 3.28. The lowest BCUT2D eigenvalue weighted by Crippen LogP contribution is -2.12. The zero-order chi connectivity index (χ0) is 13.8. The van der Waals surface area contributed by atoms with Crippen molar-refractivity contribution in [1.29, 1.82) is 0 Å². The summed E-state index contributed by atoms with van der Waals surface area (Å²) in [4.78, 5) is 13.4. The van der Waals surface area contributed by atoms with Crippen LogP contribution in [0.25, 0.3) is 12.2 Å². The highest BCUT2D eigenvalue weighted by Crippen LogP contribution is 2.28. The highest BCUT2D eigenvalue weighted by Gasteiger charge is 2.19. The lowest BCUT2D eigenvalue weighted by atomic mass is 10.0. The van der Waals surface area contributed by atoms with Gasteiger partial charge in [-0.25, -0.2) is 0 Å². The van der Waals surface area contributed by atoms with E-state index in [4.69, 9.17) is 0 Å². The SMILES string of the molecule is O=C(CC1CCCC1)n1ccc(/C=C/c2cccs2)c1. The molecule has 2 aromatic rings. The average Bonchev–Trinajstić information content (AvgIpc) is 3.19. The van der Waals surface area contributed by atoms with E-state index in [2.05, 4.69) is 23.6 Å². The molecule has 2 nitrogen and oxygen atoms in total. The van der Waals surface area contributed by atoms with Gasteiger partial charge in [0.05, 0.1) is 0 Å². The van der Waals surface area contributed by atoms with E-state index >= 15 is 0 Å². The number of hydrogen-bond acceptors (Lipinski definition) is 2. The van der Waals surface area contributed by atoms with Crippen LogP contribution in [0.5, 0.6) is 0 Å². The molecule has 1 aliphatic rings. The number of rotatable bonds is 4. The first-order chi connectivity index (χ1) is 9.81. The Labute approximate surface area is 123 Å². The quantitative estimate of drug-likeness (QED) is 0.779. The molecule has 1 aliphatic carbocycles. The van der Waals surface area contributed by atoms with Crippen molar-refractivity contribution in [2.45, 2.75) is 32.1 Å². The van der Waals surface area contributed by atoms with E-state index in [1.165, 1.54) is 30.6 Å². The minimum atomic E-state index is 0.229. The first-order valence-corrected chi connectivity index (χ1v) is 8.12. The monoisotopic (exact) mass is 285 g/mol. The standard InChI is InChI=1S/C17H19NOS/c19-17(12-14-4-1-2-5-14)18-10-9-15(13-18)7-8-16-6-3-11-20-16/h3,6-11,13-14H,1-2,4-5,12H2/b8-7+. The fraction of sp³-hybridized carbons (Fsp3) is 0.353.